The molecule has 0 N–H and O–H groups in total. The Labute approximate surface area is 361 Å². The molecule has 0 amide bonds. The molecule has 0 atom stereocenters. The molecular formula is C55H109N2+. The highest BCUT2D eigenvalue weighted by molar-refractivity contribution is 4.84. The van der Waals surface area contributed by atoms with Gasteiger partial charge in [0.05, 0.1) is 13.1 Å². The predicted octanol–water partition coefficient (Wildman–Crippen LogP) is 19.3. The number of rotatable bonds is 49. The molecule has 0 aliphatic rings. The van der Waals surface area contributed by atoms with Crippen LogP contribution in [0.4, 0.5) is 0 Å². The lowest BCUT2D eigenvalue weighted by atomic mass is 10.0. The van der Waals surface area contributed by atoms with Gasteiger partial charge < -0.3 is 0 Å². The lowest BCUT2D eigenvalue weighted by Gasteiger charge is -2.07. The smallest absolute Gasteiger partial charge is 0.234 e. The summed E-state index contributed by atoms with van der Waals surface area (Å²) in [6.45, 7) is 9.42. The van der Waals surface area contributed by atoms with Crippen molar-refractivity contribution in [2.75, 3.05) is 0 Å². The zero-order chi connectivity index (χ0) is 40.8. The molecule has 2 heteroatoms. The summed E-state index contributed by atoms with van der Waals surface area (Å²) >= 11 is 0. The monoisotopic (exact) mass is 798 g/mol. The van der Waals surface area contributed by atoms with Gasteiger partial charge in [-0.3, -0.25) is 0 Å². The molecule has 0 aliphatic heterocycles. The molecule has 1 rings (SSSR count). The summed E-state index contributed by atoms with van der Waals surface area (Å²) in [5.74, 6) is 1.63. The van der Waals surface area contributed by atoms with E-state index in [1.54, 1.807) is 5.82 Å². The molecule has 0 unspecified atom stereocenters. The third-order valence-corrected chi connectivity index (χ3v) is 13.3. The van der Waals surface area contributed by atoms with E-state index in [0.717, 1.165) is 0 Å². The zero-order valence-corrected chi connectivity index (χ0v) is 40.2. The minimum absolute atomic E-state index is 1.23. The van der Waals surface area contributed by atoms with Crippen LogP contribution >= 0.6 is 0 Å². The highest BCUT2D eigenvalue weighted by atomic mass is 15.1. The van der Waals surface area contributed by atoms with Crippen molar-refractivity contribution in [3.63, 3.8) is 0 Å². The van der Waals surface area contributed by atoms with Crippen LogP contribution in [0, 0.1) is 0 Å². The first kappa shape index (κ1) is 54.2. The molecule has 0 fully saturated rings. The Hall–Kier alpha value is -0.790. The molecule has 0 saturated carbocycles. The van der Waals surface area contributed by atoms with Crippen LogP contribution in [0.1, 0.15) is 322 Å². The van der Waals surface area contributed by atoms with Crippen molar-refractivity contribution in [2.45, 2.75) is 336 Å². The van der Waals surface area contributed by atoms with Gasteiger partial charge in [-0.2, -0.15) is 0 Å². The lowest BCUT2D eigenvalue weighted by Crippen LogP contribution is -2.37. The normalized spacial score (nSPS) is 11.7. The summed E-state index contributed by atoms with van der Waals surface area (Å²) in [5.41, 5.74) is 0. The Kier molecular flexibility index (Phi) is 44.0. The second-order valence-corrected chi connectivity index (χ2v) is 19.1. The quantitative estimate of drug-likeness (QED) is 0.0459. The van der Waals surface area contributed by atoms with Crippen LogP contribution < -0.4 is 4.57 Å². The second kappa shape index (κ2) is 46.3. The maximum Gasteiger partial charge on any atom is 0.256 e. The van der Waals surface area contributed by atoms with E-state index in [4.69, 9.17) is 0 Å². The van der Waals surface area contributed by atoms with Crippen molar-refractivity contribution in [1.82, 2.24) is 4.57 Å². The van der Waals surface area contributed by atoms with Gasteiger partial charge in [-0.25, -0.2) is 9.13 Å². The summed E-state index contributed by atoms with van der Waals surface area (Å²) in [7, 11) is 0. The molecule has 338 valence electrons. The average molecular weight is 798 g/mol. The number of hydrogen-bond acceptors (Lipinski definition) is 0. The topological polar surface area (TPSA) is 8.81 Å². The van der Waals surface area contributed by atoms with E-state index in [9.17, 15) is 0 Å². The van der Waals surface area contributed by atoms with Crippen molar-refractivity contribution < 1.29 is 4.57 Å². The van der Waals surface area contributed by atoms with Crippen LogP contribution in [0.3, 0.4) is 0 Å². The van der Waals surface area contributed by atoms with Gasteiger partial charge in [-0.15, -0.1) is 0 Å². The van der Waals surface area contributed by atoms with E-state index in [0.29, 0.717) is 0 Å². The van der Waals surface area contributed by atoms with E-state index in [1.807, 2.05) is 0 Å². The summed E-state index contributed by atoms with van der Waals surface area (Å²) < 4.78 is 5.33. The fourth-order valence-corrected chi connectivity index (χ4v) is 9.33. The van der Waals surface area contributed by atoms with E-state index in [1.165, 1.54) is 315 Å². The fourth-order valence-electron chi connectivity index (χ4n) is 9.33. The maximum absolute atomic E-state index is 2.66. The number of imidazole rings is 1. The van der Waals surface area contributed by atoms with Crippen LogP contribution in [-0.2, 0) is 19.5 Å². The van der Waals surface area contributed by atoms with Gasteiger partial charge in [0.2, 0.25) is 0 Å². The van der Waals surface area contributed by atoms with Gasteiger partial charge in [0.15, 0.2) is 0 Å². The SMILES string of the molecule is CCCCCCCCCCCCCCCCCCCn1cc[n+](CCCCCCCCCCCCCCCCCCC)c1CCCCCCCCCCCCCC. The molecule has 0 spiro atoms. The van der Waals surface area contributed by atoms with Gasteiger partial charge >= 0.3 is 0 Å². The molecule has 0 radical (unpaired) electrons. The Morgan fingerprint density at radius 1 is 0.298 bits per heavy atom. The predicted molar refractivity (Wildman–Crippen MR) is 258 cm³/mol. The van der Waals surface area contributed by atoms with Gasteiger partial charge in [0, 0.05) is 6.42 Å². The van der Waals surface area contributed by atoms with Gasteiger partial charge in [-0.05, 0) is 32.1 Å². The highest BCUT2D eigenvalue weighted by Crippen LogP contribution is 2.18. The van der Waals surface area contributed by atoms with Crippen LogP contribution in [0.5, 0.6) is 0 Å². The Morgan fingerprint density at radius 2 is 0.544 bits per heavy atom. The Morgan fingerprint density at radius 3 is 0.842 bits per heavy atom. The molecule has 57 heavy (non-hydrogen) atoms. The van der Waals surface area contributed by atoms with Crippen molar-refractivity contribution >= 4 is 0 Å². The summed E-state index contributed by atoms with van der Waals surface area (Å²) in [5, 5.41) is 0. The van der Waals surface area contributed by atoms with Gasteiger partial charge in [-0.1, -0.05) is 284 Å². The van der Waals surface area contributed by atoms with Crippen molar-refractivity contribution in [1.29, 1.82) is 0 Å². The largest absolute Gasteiger partial charge is 0.256 e. The third kappa shape index (κ3) is 37.9. The second-order valence-electron chi connectivity index (χ2n) is 19.1. The number of unbranched alkanes of at least 4 members (excludes halogenated alkanes) is 43. The Bertz CT molecular complexity index is 816. The number of aromatic nitrogens is 2. The lowest BCUT2D eigenvalue weighted by molar-refractivity contribution is -0.704. The number of nitrogens with zero attached hydrogens (tertiary/aromatic N) is 2. The van der Waals surface area contributed by atoms with E-state index in [-0.39, 0.29) is 0 Å². The first-order valence-electron chi connectivity index (χ1n) is 27.4. The molecule has 0 saturated heterocycles. The average Bonchev–Trinajstić information content (AvgIpc) is 3.61. The standard InChI is InChI=1S/C55H109N2/c1-4-7-10-13-16-19-22-25-27-29-31-33-36-39-42-45-48-51-56-53-54-57(55(56)50-47-44-41-38-35-24-21-18-15-12-9-6-3)52-49-46-43-40-37-34-32-30-28-26-23-20-17-14-11-8-5-2/h53-54H,4-52H2,1-3H3/q+1. The minimum atomic E-state index is 1.23. The summed E-state index contributed by atoms with van der Waals surface area (Å²) in [4.78, 5) is 0. The minimum Gasteiger partial charge on any atom is -0.234 e. The summed E-state index contributed by atoms with van der Waals surface area (Å²) in [6, 6.07) is 0. The first-order chi connectivity index (χ1) is 28.3. The molecular weight excluding hydrogens is 689 g/mol. The highest BCUT2D eigenvalue weighted by Gasteiger charge is 2.16. The Balaban J connectivity index is 2.22. The van der Waals surface area contributed by atoms with Crippen LogP contribution in [0.2, 0.25) is 0 Å². The number of aryl methyl sites for hydroxylation is 2. The third-order valence-electron chi connectivity index (χ3n) is 13.3. The number of hydrogen-bond donors (Lipinski definition) is 0. The molecule has 1 heterocycles. The van der Waals surface area contributed by atoms with E-state index in [2.05, 4.69) is 42.3 Å². The van der Waals surface area contributed by atoms with Crippen LogP contribution in [-0.4, -0.2) is 4.57 Å². The van der Waals surface area contributed by atoms with E-state index < -0.39 is 0 Å². The molecule has 1 aromatic rings. The van der Waals surface area contributed by atoms with E-state index >= 15 is 0 Å². The molecule has 0 aromatic carbocycles. The maximum atomic E-state index is 2.66. The van der Waals surface area contributed by atoms with Gasteiger partial charge in [0.25, 0.3) is 5.82 Å². The molecule has 0 aliphatic carbocycles. The van der Waals surface area contributed by atoms with Crippen LogP contribution in [0.15, 0.2) is 12.4 Å². The first-order valence-corrected chi connectivity index (χ1v) is 27.4. The molecule has 1 aromatic heterocycles. The van der Waals surface area contributed by atoms with Crippen molar-refractivity contribution in [3.8, 4) is 0 Å². The fraction of sp³-hybridized carbons (Fsp3) is 0.945. The molecule has 2 nitrogen and oxygen atoms in total. The van der Waals surface area contributed by atoms with Crippen LogP contribution in [0.25, 0.3) is 0 Å². The van der Waals surface area contributed by atoms with Crippen molar-refractivity contribution in [2.24, 2.45) is 0 Å². The van der Waals surface area contributed by atoms with Crippen molar-refractivity contribution in [3.05, 3.63) is 18.2 Å². The summed E-state index contributed by atoms with van der Waals surface area (Å²) in [6.07, 6.45) is 72.8. The zero-order valence-electron chi connectivity index (χ0n) is 40.2. The molecule has 0 bridgehead atoms. The van der Waals surface area contributed by atoms with Gasteiger partial charge in [0.1, 0.15) is 12.4 Å².